The van der Waals surface area contributed by atoms with Crippen molar-refractivity contribution in [2.45, 2.75) is 39.7 Å². The van der Waals surface area contributed by atoms with Gasteiger partial charge in [-0.1, -0.05) is 42.5 Å². The molecule has 1 heterocycles. The highest BCUT2D eigenvalue weighted by Gasteiger charge is 2.43. The molecule has 2 aromatic carbocycles. The summed E-state index contributed by atoms with van der Waals surface area (Å²) in [6.07, 6.45) is 2.51. The Morgan fingerprint density at radius 3 is 2.45 bits per heavy atom. The van der Waals surface area contributed by atoms with Gasteiger partial charge in [0.2, 0.25) is 5.91 Å². The molecule has 0 aliphatic carbocycles. The van der Waals surface area contributed by atoms with Gasteiger partial charge in [-0.25, -0.2) is 0 Å². The molecule has 0 spiro atoms. The Morgan fingerprint density at radius 2 is 1.79 bits per heavy atom. The molecule has 0 radical (unpaired) electrons. The first-order valence-electron chi connectivity index (χ1n) is 10.3. The Labute approximate surface area is 173 Å². The van der Waals surface area contributed by atoms with Crippen molar-refractivity contribution in [3.05, 3.63) is 65.7 Å². The van der Waals surface area contributed by atoms with Gasteiger partial charge in [0.25, 0.3) is 0 Å². The van der Waals surface area contributed by atoms with E-state index < -0.39 is 5.41 Å². The van der Waals surface area contributed by atoms with Crippen molar-refractivity contribution in [1.29, 1.82) is 0 Å². The summed E-state index contributed by atoms with van der Waals surface area (Å²) in [5.41, 5.74) is 2.62. The first-order chi connectivity index (χ1) is 14.0. The predicted octanol–water partition coefficient (Wildman–Crippen LogP) is 4.03. The fourth-order valence-electron chi connectivity index (χ4n) is 4.17. The van der Waals surface area contributed by atoms with Crippen LogP contribution in [0.25, 0.3) is 0 Å². The average Bonchev–Trinajstić information content (AvgIpc) is 2.70. The number of esters is 1. The van der Waals surface area contributed by atoms with Gasteiger partial charge in [0.15, 0.2) is 0 Å². The molecule has 1 N–H and O–H groups in total. The zero-order valence-corrected chi connectivity index (χ0v) is 17.3. The molecule has 1 aliphatic rings. The van der Waals surface area contributed by atoms with E-state index in [4.69, 9.17) is 4.74 Å². The zero-order chi connectivity index (χ0) is 20.7. The molecular weight excluding hydrogens is 364 g/mol. The van der Waals surface area contributed by atoms with E-state index in [0.717, 1.165) is 31.6 Å². The smallest absolute Gasteiger partial charge is 0.313 e. The van der Waals surface area contributed by atoms with E-state index in [-0.39, 0.29) is 11.9 Å². The summed E-state index contributed by atoms with van der Waals surface area (Å²) < 4.78 is 5.50. The van der Waals surface area contributed by atoms with Crippen molar-refractivity contribution >= 4 is 17.6 Å². The Morgan fingerprint density at radius 1 is 1.07 bits per heavy atom. The Bertz CT molecular complexity index is 820. The number of hydrogen-bond donors (Lipinski definition) is 1. The lowest BCUT2D eigenvalue weighted by Crippen LogP contribution is -2.49. The van der Waals surface area contributed by atoms with Crippen LogP contribution in [0.2, 0.25) is 0 Å². The molecule has 0 aromatic heterocycles. The summed E-state index contributed by atoms with van der Waals surface area (Å²) in [5, 5.41) is 2.79. The van der Waals surface area contributed by atoms with Crippen molar-refractivity contribution in [2.75, 3.05) is 25.0 Å². The van der Waals surface area contributed by atoms with Crippen molar-refractivity contribution in [1.82, 2.24) is 4.90 Å². The molecule has 1 amide bonds. The number of ether oxygens (including phenoxy) is 1. The maximum absolute atomic E-state index is 13.0. The quantitative estimate of drug-likeness (QED) is 0.720. The number of anilines is 1. The first-order valence-corrected chi connectivity index (χ1v) is 10.3. The zero-order valence-electron chi connectivity index (χ0n) is 17.3. The van der Waals surface area contributed by atoms with E-state index in [9.17, 15) is 9.59 Å². The largest absolute Gasteiger partial charge is 0.466 e. The fraction of sp³-hybridized carbons (Fsp3) is 0.417. The molecule has 1 saturated heterocycles. The minimum atomic E-state index is -0.508. The molecule has 5 heteroatoms. The topological polar surface area (TPSA) is 58.6 Å². The summed E-state index contributed by atoms with van der Waals surface area (Å²) >= 11 is 0. The number of amides is 1. The molecule has 1 fully saturated rings. The van der Waals surface area contributed by atoms with Crippen LogP contribution in [0.1, 0.15) is 37.8 Å². The van der Waals surface area contributed by atoms with Crippen LogP contribution in [-0.4, -0.2) is 36.5 Å². The standard InChI is InChI=1S/C24H30N2O3/c1-3-29-23(28)24(16-20-8-5-4-6-9-20)14-7-15-26(18-24)17-21-10-12-22(13-11-21)25-19(2)27/h4-6,8-13H,3,7,14-18H2,1-2H3,(H,25,27)/t24-/m0/s1. The van der Waals surface area contributed by atoms with E-state index in [1.807, 2.05) is 49.4 Å². The van der Waals surface area contributed by atoms with E-state index in [2.05, 4.69) is 22.3 Å². The molecule has 0 unspecified atom stereocenters. The Kier molecular flexibility index (Phi) is 7.04. The van der Waals surface area contributed by atoms with Crippen molar-refractivity contribution in [3.8, 4) is 0 Å². The molecule has 0 saturated carbocycles. The summed E-state index contributed by atoms with van der Waals surface area (Å²) in [4.78, 5) is 26.5. The van der Waals surface area contributed by atoms with E-state index in [1.54, 1.807) is 0 Å². The Balaban J connectivity index is 1.73. The van der Waals surface area contributed by atoms with Crippen LogP contribution in [-0.2, 0) is 27.3 Å². The van der Waals surface area contributed by atoms with Gasteiger partial charge in [0.05, 0.1) is 12.0 Å². The van der Waals surface area contributed by atoms with Gasteiger partial charge >= 0.3 is 5.97 Å². The molecule has 5 nitrogen and oxygen atoms in total. The van der Waals surface area contributed by atoms with Gasteiger partial charge in [-0.2, -0.15) is 0 Å². The number of nitrogens with one attached hydrogen (secondary N) is 1. The number of rotatable bonds is 7. The second-order valence-electron chi connectivity index (χ2n) is 7.86. The monoisotopic (exact) mass is 394 g/mol. The van der Waals surface area contributed by atoms with Crippen molar-refractivity contribution in [3.63, 3.8) is 0 Å². The summed E-state index contributed by atoms with van der Waals surface area (Å²) in [7, 11) is 0. The number of carbonyl (C=O) groups is 2. The number of carbonyl (C=O) groups excluding carboxylic acids is 2. The van der Waals surface area contributed by atoms with E-state index >= 15 is 0 Å². The van der Waals surface area contributed by atoms with Gasteiger partial charge in [-0.3, -0.25) is 14.5 Å². The molecular formula is C24H30N2O3. The van der Waals surface area contributed by atoms with Gasteiger partial charge in [0.1, 0.15) is 0 Å². The van der Waals surface area contributed by atoms with Crippen molar-refractivity contribution < 1.29 is 14.3 Å². The molecule has 1 atom stereocenters. The van der Waals surface area contributed by atoms with Crippen LogP contribution in [0.5, 0.6) is 0 Å². The minimum absolute atomic E-state index is 0.0751. The molecule has 2 aromatic rings. The second-order valence-corrected chi connectivity index (χ2v) is 7.86. The van der Waals surface area contributed by atoms with E-state index in [1.165, 1.54) is 18.1 Å². The van der Waals surface area contributed by atoms with Crippen LogP contribution in [0.4, 0.5) is 5.69 Å². The summed E-state index contributed by atoms with van der Waals surface area (Å²) in [6, 6.07) is 18.1. The third-order valence-corrected chi connectivity index (χ3v) is 5.43. The number of hydrogen-bond acceptors (Lipinski definition) is 4. The second kappa shape index (κ2) is 9.70. The lowest BCUT2D eigenvalue weighted by Gasteiger charge is -2.41. The highest BCUT2D eigenvalue weighted by molar-refractivity contribution is 5.88. The van der Waals surface area contributed by atoms with Gasteiger partial charge in [-0.05, 0) is 56.0 Å². The maximum Gasteiger partial charge on any atom is 0.313 e. The fourth-order valence-corrected chi connectivity index (χ4v) is 4.17. The normalized spacial score (nSPS) is 19.5. The van der Waals surface area contributed by atoms with Crippen LogP contribution >= 0.6 is 0 Å². The highest BCUT2D eigenvalue weighted by Crippen LogP contribution is 2.36. The van der Waals surface area contributed by atoms with Gasteiger partial charge in [-0.15, -0.1) is 0 Å². The number of likely N-dealkylation sites (tertiary alicyclic amines) is 1. The molecule has 154 valence electrons. The third kappa shape index (κ3) is 5.67. The number of piperidine rings is 1. The third-order valence-electron chi connectivity index (χ3n) is 5.43. The lowest BCUT2D eigenvalue weighted by atomic mass is 9.75. The SMILES string of the molecule is CCOC(=O)[C@]1(Cc2ccccc2)CCCN(Cc2ccc(NC(C)=O)cc2)C1. The lowest BCUT2D eigenvalue weighted by molar-refractivity contribution is -0.159. The van der Waals surface area contributed by atoms with Crippen LogP contribution in [0.3, 0.4) is 0 Å². The predicted molar refractivity (Wildman–Crippen MR) is 114 cm³/mol. The minimum Gasteiger partial charge on any atom is -0.466 e. The molecule has 29 heavy (non-hydrogen) atoms. The van der Waals surface area contributed by atoms with Crippen molar-refractivity contribution in [2.24, 2.45) is 5.41 Å². The molecule has 3 rings (SSSR count). The van der Waals surface area contributed by atoms with Crippen LogP contribution < -0.4 is 5.32 Å². The maximum atomic E-state index is 13.0. The highest BCUT2D eigenvalue weighted by atomic mass is 16.5. The molecule has 1 aliphatic heterocycles. The van der Waals surface area contributed by atoms with Crippen LogP contribution in [0.15, 0.2) is 54.6 Å². The number of benzene rings is 2. The number of nitrogens with zero attached hydrogens (tertiary/aromatic N) is 1. The van der Waals surface area contributed by atoms with Gasteiger partial charge < -0.3 is 10.1 Å². The first kappa shape index (κ1) is 21.1. The Hall–Kier alpha value is -2.66. The van der Waals surface area contributed by atoms with Crippen LogP contribution in [0, 0.1) is 5.41 Å². The van der Waals surface area contributed by atoms with Gasteiger partial charge in [0, 0.05) is 25.7 Å². The average molecular weight is 395 g/mol. The summed E-state index contributed by atoms with van der Waals surface area (Å²) in [6.45, 7) is 6.20. The summed E-state index contributed by atoms with van der Waals surface area (Å²) in [5.74, 6) is -0.163. The van der Waals surface area contributed by atoms with E-state index in [0.29, 0.717) is 19.6 Å². The molecule has 0 bridgehead atoms.